The summed E-state index contributed by atoms with van der Waals surface area (Å²) < 4.78 is 5.31. The van der Waals surface area contributed by atoms with Crippen LogP contribution in [0.15, 0.2) is 0 Å². The van der Waals surface area contributed by atoms with Crippen LogP contribution in [0.1, 0.15) is 47.0 Å². The minimum Gasteiger partial charge on any atom is -0.383 e. The van der Waals surface area contributed by atoms with Crippen molar-refractivity contribution < 1.29 is 4.74 Å². The van der Waals surface area contributed by atoms with Gasteiger partial charge in [0.1, 0.15) is 0 Å². The molecule has 3 unspecified atom stereocenters. The number of nitrogens with zero attached hydrogens (tertiary/aromatic N) is 1. The third kappa shape index (κ3) is 4.17. The molecular formula is C16H34N2O. The van der Waals surface area contributed by atoms with Gasteiger partial charge in [-0.3, -0.25) is 4.90 Å². The van der Waals surface area contributed by atoms with Gasteiger partial charge in [-0.15, -0.1) is 0 Å². The first-order valence-electron chi connectivity index (χ1n) is 7.90. The van der Waals surface area contributed by atoms with E-state index in [9.17, 15) is 0 Å². The molecule has 0 aromatic rings. The highest BCUT2D eigenvalue weighted by molar-refractivity contribution is 5.00. The molecule has 3 atom stereocenters. The monoisotopic (exact) mass is 270 g/mol. The molecule has 1 rings (SSSR count). The first-order chi connectivity index (χ1) is 8.96. The SMILES string of the molecule is COCCN(CC(C)C)C1(CN)CC(C)CCC1C. The molecule has 3 heteroatoms. The van der Waals surface area contributed by atoms with Crippen molar-refractivity contribution in [2.24, 2.45) is 23.5 Å². The molecule has 0 amide bonds. The van der Waals surface area contributed by atoms with Crippen LogP contribution in [-0.2, 0) is 4.74 Å². The highest BCUT2D eigenvalue weighted by Crippen LogP contribution is 2.40. The van der Waals surface area contributed by atoms with E-state index in [1.165, 1.54) is 19.3 Å². The Labute approximate surface area is 119 Å². The van der Waals surface area contributed by atoms with E-state index in [4.69, 9.17) is 10.5 Å². The zero-order chi connectivity index (χ0) is 14.5. The summed E-state index contributed by atoms with van der Waals surface area (Å²) in [6, 6.07) is 0. The van der Waals surface area contributed by atoms with Crippen LogP contribution in [0.4, 0.5) is 0 Å². The first-order valence-corrected chi connectivity index (χ1v) is 7.90. The highest BCUT2D eigenvalue weighted by Gasteiger charge is 2.43. The van der Waals surface area contributed by atoms with Crippen molar-refractivity contribution >= 4 is 0 Å². The summed E-state index contributed by atoms with van der Waals surface area (Å²) in [4.78, 5) is 2.63. The van der Waals surface area contributed by atoms with E-state index in [0.717, 1.165) is 32.2 Å². The van der Waals surface area contributed by atoms with Crippen LogP contribution in [0.3, 0.4) is 0 Å². The summed E-state index contributed by atoms with van der Waals surface area (Å²) in [6.45, 7) is 13.0. The second-order valence-corrected chi connectivity index (χ2v) is 6.93. The minimum atomic E-state index is 0.181. The van der Waals surface area contributed by atoms with Crippen LogP contribution in [-0.4, -0.2) is 43.8 Å². The number of ether oxygens (including phenoxy) is 1. The summed E-state index contributed by atoms with van der Waals surface area (Å²) in [6.07, 6.45) is 3.89. The molecule has 1 saturated carbocycles. The van der Waals surface area contributed by atoms with Gasteiger partial charge in [0.05, 0.1) is 6.61 Å². The standard InChI is InChI=1S/C16H34N2O/c1-13(2)11-18(8-9-19-5)16(12-17)10-14(3)6-7-15(16)4/h13-15H,6-12,17H2,1-5H3. The lowest BCUT2D eigenvalue weighted by Crippen LogP contribution is -2.61. The van der Waals surface area contributed by atoms with Gasteiger partial charge in [0.25, 0.3) is 0 Å². The van der Waals surface area contributed by atoms with E-state index < -0.39 is 0 Å². The van der Waals surface area contributed by atoms with E-state index in [2.05, 4.69) is 32.6 Å². The topological polar surface area (TPSA) is 38.5 Å². The minimum absolute atomic E-state index is 0.181. The van der Waals surface area contributed by atoms with Crippen LogP contribution in [0.25, 0.3) is 0 Å². The fraction of sp³-hybridized carbons (Fsp3) is 1.00. The average Bonchev–Trinajstić information content (AvgIpc) is 2.37. The Kier molecular flexibility index (Phi) is 6.78. The van der Waals surface area contributed by atoms with Crippen LogP contribution >= 0.6 is 0 Å². The molecule has 19 heavy (non-hydrogen) atoms. The van der Waals surface area contributed by atoms with Crippen molar-refractivity contribution in [2.45, 2.75) is 52.5 Å². The molecule has 1 fully saturated rings. The molecule has 0 aromatic carbocycles. The summed E-state index contributed by atoms with van der Waals surface area (Å²) in [7, 11) is 1.79. The molecule has 114 valence electrons. The summed E-state index contributed by atoms with van der Waals surface area (Å²) in [5.74, 6) is 2.14. The van der Waals surface area contributed by atoms with E-state index >= 15 is 0 Å². The van der Waals surface area contributed by atoms with Gasteiger partial charge in [-0.25, -0.2) is 0 Å². The third-order valence-corrected chi connectivity index (χ3v) is 4.85. The van der Waals surface area contributed by atoms with E-state index in [1.54, 1.807) is 7.11 Å². The summed E-state index contributed by atoms with van der Waals surface area (Å²) in [5, 5.41) is 0. The molecule has 0 aromatic heterocycles. The maximum absolute atomic E-state index is 6.26. The van der Waals surface area contributed by atoms with Gasteiger partial charge in [0.2, 0.25) is 0 Å². The predicted molar refractivity (Wildman–Crippen MR) is 82.3 cm³/mol. The molecule has 0 heterocycles. The van der Waals surface area contributed by atoms with Crippen LogP contribution in [0, 0.1) is 17.8 Å². The third-order valence-electron chi connectivity index (χ3n) is 4.85. The van der Waals surface area contributed by atoms with Crippen LogP contribution in [0.5, 0.6) is 0 Å². The zero-order valence-electron chi connectivity index (χ0n) is 13.6. The molecule has 0 aliphatic heterocycles. The summed E-state index contributed by atoms with van der Waals surface area (Å²) >= 11 is 0. The van der Waals surface area contributed by atoms with Gasteiger partial charge in [0, 0.05) is 32.3 Å². The number of hydrogen-bond acceptors (Lipinski definition) is 3. The Morgan fingerprint density at radius 2 is 2.00 bits per heavy atom. The normalized spacial score (nSPS) is 32.2. The molecule has 0 saturated heterocycles. The van der Waals surface area contributed by atoms with Gasteiger partial charge in [-0.05, 0) is 30.6 Å². The van der Waals surface area contributed by atoms with Gasteiger partial charge < -0.3 is 10.5 Å². The molecule has 1 aliphatic rings. The number of rotatable bonds is 7. The largest absolute Gasteiger partial charge is 0.383 e. The lowest BCUT2D eigenvalue weighted by Gasteiger charge is -2.52. The Balaban J connectivity index is 2.90. The second-order valence-electron chi connectivity index (χ2n) is 6.93. The first kappa shape index (κ1) is 16.9. The highest BCUT2D eigenvalue weighted by atomic mass is 16.5. The Morgan fingerprint density at radius 3 is 2.53 bits per heavy atom. The maximum atomic E-state index is 6.26. The number of nitrogens with two attached hydrogens (primary N) is 1. The van der Waals surface area contributed by atoms with E-state index in [0.29, 0.717) is 11.8 Å². The lowest BCUT2D eigenvalue weighted by molar-refractivity contribution is -0.0231. The van der Waals surface area contributed by atoms with E-state index in [1.807, 2.05) is 0 Å². The molecule has 0 bridgehead atoms. The van der Waals surface area contributed by atoms with Gasteiger partial charge in [-0.1, -0.05) is 34.1 Å². The number of hydrogen-bond donors (Lipinski definition) is 1. The molecular weight excluding hydrogens is 236 g/mol. The van der Waals surface area contributed by atoms with Gasteiger partial charge in [0.15, 0.2) is 0 Å². The Hall–Kier alpha value is -0.120. The fourth-order valence-corrected chi connectivity index (χ4v) is 3.70. The molecule has 2 N–H and O–H groups in total. The van der Waals surface area contributed by atoms with Gasteiger partial charge in [-0.2, -0.15) is 0 Å². The summed E-state index contributed by atoms with van der Waals surface area (Å²) in [5.41, 5.74) is 6.44. The fourth-order valence-electron chi connectivity index (χ4n) is 3.70. The molecule has 3 nitrogen and oxygen atoms in total. The second kappa shape index (κ2) is 7.61. The maximum Gasteiger partial charge on any atom is 0.0589 e. The average molecular weight is 270 g/mol. The van der Waals surface area contributed by atoms with Crippen molar-refractivity contribution in [1.29, 1.82) is 0 Å². The van der Waals surface area contributed by atoms with Crippen molar-refractivity contribution in [3.05, 3.63) is 0 Å². The van der Waals surface area contributed by atoms with Crippen LogP contribution in [0.2, 0.25) is 0 Å². The predicted octanol–water partition coefficient (Wildman–Crippen LogP) is 2.74. The molecule has 0 radical (unpaired) electrons. The quantitative estimate of drug-likeness (QED) is 0.773. The lowest BCUT2D eigenvalue weighted by atomic mass is 9.68. The van der Waals surface area contributed by atoms with Crippen molar-refractivity contribution in [1.82, 2.24) is 4.90 Å². The Bertz CT molecular complexity index is 257. The molecule has 1 aliphatic carbocycles. The van der Waals surface area contributed by atoms with Crippen molar-refractivity contribution in [3.63, 3.8) is 0 Å². The van der Waals surface area contributed by atoms with Crippen molar-refractivity contribution in [3.8, 4) is 0 Å². The Morgan fingerprint density at radius 1 is 1.32 bits per heavy atom. The zero-order valence-corrected chi connectivity index (χ0v) is 13.6. The van der Waals surface area contributed by atoms with E-state index in [-0.39, 0.29) is 5.54 Å². The number of methoxy groups -OCH3 is 1. The van der Waals surface area contributed by atoms with Crippen LogP contribution < -0.4 is 5.73 Å². The smallest absolute Gasteiger partial charge is 0.0589 e. The van der Waals surface area contributed by atoms with Gasteiger partial charge >= 0.3 is 0 Å². The van der Waals surface area contributed by atoms with Crippen molar-refractivity contribution in [2.75, 3.05) is 33.4 Å². The molecule has 0 spiro atoms.